The Balaban J connectivity index is 4.36. The van der Waals surface area contributed by atoms with Gasteiger partial charge in [0.1, 0.15) is 19.8 Å². The zero-order valence-corrected chi connectivity index (χ0v) is 36.1. The first kappa shape index (κ1) is 51.8. The molecule has 0 aliphatic rings. The molecule has 0 heterocycles. The first-order valence-corrected chi connectivity index (χ1v) is 23.4. The molecule has 0 rings (SSSR count). The van der Waals surface area contributed by atoms with Crippen LogP contribution in [0, 0.1) is 0 Å². The fourth-order valence-corrected chi connectivity index (χ4v) is 6.79. The third-order valence-electron chi connectivity index (χ3n) is 9.54. The molecule has 1 unspecified atom stereocenters. The summed E-state index contributed by atoms with van der Waals surface area (Å²) in [6.07, 6.45) is 36.6. The molecule has 0 N–H and O–H groups in total. The molecule has 314 valence electrons. The molecule has 0 spiro atoms. The van der Waals surface area contributed by atoms with Gasteiger partial charge in [0.05, 0.1) is 27.7 Å². The number of quaternary nitrogens is 1. The normalized spacial score (nSPS) is 13.7. The summed E-state index contributed by atoms with van der Waals surface area (Å²) in [6, 6.07) is 0. The van der Waals surface area contributed by atoms with Crippen molar-refractivity contribution in [3.05, 3.63) is 12.2 Å². The maximum Gasteiger partial charge on any atom is 0.306 e. The van der Waals surface area contributed by atoms with Gasteiger partial charge in [0, 0.05) is 12.8 Å². The maximum atomic E-state index is 12.7. The van der Waals surface area contributed by atoms with Gasteiger partial charge in [0.25, 0.3) is 7.82 Å². The van der Waals surface area contributed by atoms with Crippen molar-refractivity contribution in [2.75, 3.05) is 47.5 Å². The Kier molecular flexibility index (Phi) is 35.5. The van der Waals surface area contributed by atoms with Gasteiger partial charge in [-0.3, -0.25) is 14.2 Å². The average Bonchev–Trinajstić information content (AvgIpc) is 3.10. The van der Waals surface area contributed by atoms with E-state index in [9.17, 15) is 19.0 Å². The minimum absolute atomic E-state index is 0.0294. The molecule has 0 radical (unpaired) electrons. The molecule has 0 aromatic rings. The van der Waals surface area contributed by atoms with Crippen LogP contribution in [0.15, 0.2) is 12.2 Å². The number of hydrogen-bond donors (Lipinski definition) is 0. The molecule has 0 aliphatic carbocycles. The molecule has 0 aromatic heterocycles. The van der Waals surface area contributed by atoms with Crippen LogP contribution in [0.2, 0.25) is 0 Å². The van der Waals surface area contributed by atoms with Crippen LogP contribution >= 0.6 is 7.82 Å². The minimum atomic E-state index is -4.62. The van der Waals surface area contributed by atoms with E-state index in [0.717, 1.165) is 51.4 Å². The van der Waals surface area contributed by atoms with E-state index in [0.29, 0.717) is 17.4 Å². The van der Waals surface area contributed by atoms with E-state index in [-0.39, 0.29) is 32.0 Å². The number of nitrogens with zero attached hydrogens (tertiary/aromatic N) is 1. The van der Waals surface area contributed by atoms with E-state index in [1.165, 1.54) is 116 Å². The first-order chi connectivity index (χ1) is 25.5. The lowest BCUT2D eigenvalue weighted by Gasteiger charge is -2.28. The van der Waals surface area contributed by atoms with Crippen molar-refractivity contribution in [1.29, 1.82) is 0 Å². The molecular weight excluding hydrogens is 689 g/mol. The van der Waals surface area contributed by atoms with E-state index < -0.39 is 26.5 Å². The number of carbonyl (C=O) groups is 2. The van der Waals surface area contributed by atoms with Crippen LogP contribution in [0.3, 0.4) is 0 Å². The summed E-state index contributed by atoms with van der Waals surface area (Å²) in [5.74, 6) is -0.836. The highest BCUT2D eigenvalue weighted by Crippen LogP contribution is 2.38. The van der Waals surface area contributed by atoms with Gasteiger partial charge in [-0.1, -0.05) is 161 Å². The van der Waals surface area contributed by atoms with Crippen molar-refractivity contribution in [3.63, 3.8) is 0 Å². The van der Waals surface area contributed by atoms with Crippen molar-refractivity contribution in [1.82, 2.24) is 0 Å². The number of allylic oxidation sites excluding steroid dienone is 2. The van der Waals surface area contributed by atoms with E-state index in [1.807, 2.05) is 21.1 Å². The fourth-order valence-electron chi connectivity index (χ4n) is 6.06. The van der Waals surface area contributed by atoms with Crippen molar-refractivity contribution in [2.45, 2.75) is 206 Å². The first-order valence-electron chi connectivity index (χ1n) is 21.9. The number of esters is 2. The van der Waals surface area contributed by atoms with Crippen LogP contribution in [0.4, 0.5) is 0 Å². The molecular formula is C43H84NO8P. The van der Waals surface area contributed by atoms with Crippen molar-refractivity contribution < 1.29 is 42.1 Å². The SMILES string of the molecule is CCCCCCCCC/C=C\CCCCCCCC(=O)O[C@H](COC(=O)CCCCCCCCCCCCCCC)COP(=O)([O-])OCC[N+](C)(C)C. The van der Waals surface area contributed by atoms with Crippen LogP contribution in [0.5, 0.6) is 0 Å². The van der Waals surface area contributed by atoms with E-state index in [4.69, 9.17) is 18.5 Å². The number of likely N-dealkylation sites (N-methyl/N-ethyl adjacent to an activating group) is 1. The Morgan fingerprint density at radius 3 is 1.40 bits per heavy atom. The van der Waals surface area contributed by atoms with Crippen LogP contribution < -0.4 is 4.89 Å². The molecule has 10 heteroatoms. The second-order valence-electron chi connectivity index (χ2n) is 16.1. The van der Waals surface area contributed by atoms with Gasteiger partial charge in [-0.2, -0.15) is 0 Å². The van der Waals surface area contributed by atoms with Crippen molar-refractivity contribution in [3.8, 4) is 0 Å². The third-order valence-corrected chi connectivity index (χ3v) is 10.5. The predicted octanol–water partition coefficient (Wildman–Crippen LogP) is 11.6. The highest BCUT2D eigenvalue weighted by Gasteiger charge is 2.21. The summed E-state index contributed by atoms with van der Waals surface area (Å²) in [7, 11) is 1.17. The van der Waals surface area contributed by atoms with Gasteiger partial charge in [-0.15, -0.1) is 0 Å². The lowest BCUT2D eigenvalue weighted by molar-refractivity contribution is -0.870. The molecule has 0 fully saturated rings. The number of unbranched alkanes of at least 4 members (excludes halogenated alkanes) is 24. The monoisotopic (exact) mass is 774 g/mol. The standard InChI is InChI=1S/C43H84NO8P/c1-6-8-10-12-14-16-18-20-21-22-24-26-28-30-32-34-36-43(46)52-41(40-51-53(47,48)50-38-37-44(3,4)5)39-49-42(45)35-33-31-29-27-25-23-19-17-15-13-11-9-7-2/h21-22,41H,6-20,23-40H2,1-5H3/b22-21-/t41-/m1/s1. The summed E-state index contributed by atoms with van der Waals surface area (Å²) >= 11 is 0. The van der Waals surface area contributed by atoms with Gasteiger partial charge >= 0.3 is 11.9 Å². The molecule has 2 atom stereocenters. The highest BCUT2D eigenvalue weighted by molar-refractivity contribution is 7.45. The molecule has 53 heavy (non-hydrogen) atoms. The molecule has 0 bridgehead atoms. The Morgan fingerprint density at radius 2 is 0.962 bits per heavy atom. The van der Waals surface area contributed by atoms with Gasteiger partial charge < -0.3 is 27.9 Å². The van der Waals surface area contributed by atoms with Gasteiger partial charge in [0.15, 0.2) is 6.10 Å². The van der Waals surface area contributed by atoms with Gasteiger partial charge in [-0.25, -0.2) is 0 Å². The Bertz CT molecular complexity index is 922. The molecule has 0 saturated carbocycles. The fraction of sp³-hybridized carbons (Fsp3) is 0.907. The predicted molar refractivity (Wildman–Crippen MR) is 218 cm³/mol. The molecule has 0 saturated heterocycles. The van der Waals surface area contributed by atoms with Crippen LogP contribution in [0.25, 0.3) is 0 Å². The van der Waals surface area contributed by atoms with E-state index in [2.05, 4.69) is 26.0 Å². The Labute approximate surface area is 326 Å². The zero-order valence-electron chi connectivity index (χ0n) is 35.2. The summed E-state index contributed by atoms with van der Waals surface area (Å²) < 4.78 is 33.9. The highest BCUT2D eigenvalue weighted by atomic mass is 31.2. The second kappa shape index (κ2) is 36.4. The minimum Gasteiger partial charge on any atom is -0.756 e. The number of phosphoric ester groups is 1. The van der Waals surface area contributed by atoms with Crippen LogP contribution in [-0.4, -0.2) is 70.0 Å². The van der Waals surface area contributed by atoms with Crippen LogP contribution in [0.1, 0.15) is 200 Å². The topological polar surface area (TPSA) is 111 Å². The average molecular weight is 774 g/mol. The number of carbonyl (C=O) groups excluding carboxylic acids is 2. The van der Waals surface area contributed by atoms with Crippen molar-refractivity contribution in [2.24, 2.45) is 0 Å². The largest absolute Gasteiger partial charge is 0.756 e. The summed E-state index contributed by atoms with van der Waals surface area (Å²) in [4.78, 5) is 37.5. The smallest absolute Gasteiger partial charge is 0.306 e. The lowest BCUT2D eigenvalue weighted by Crippen LogP contribution is -2.37. The number of hydrogen-bond acceptors (Lipinski definition) is 8. The molecule has 9 nitrogen and oxygen atoms in total. The zero-order chi connectivity index (χ0) is 39.3. The van der Waals surface area contributed by atoms with Crippen LogP contribution in [-0.2, 0) is 32.7 Å². The number of ether oxygens (including phenoxy) is 2. The third kappa shape index (κ3) is 40.2. The number of phosphoric acid groups is 1. The summed E-state index contributed by atoms with van der Waals surface area (Å²) in [5.41, 5.74) is 0. The van der Waals surface area contributed by atoms with E-state index in [1.54, 1.807) is 0 Å². The summed E-state index contributed by atoms with van der Waals surface area (Å²) in [5, 5.41) is 0. The van der Waals surface area contributed by atoms with Crippen molar-refractivity contribution >= 4 is 19.8 Å². The molecule has 0 amide bonds. The quantitative estimate of drug-likeness (QED) is 0.0199. The maximum absolute atomic E-state index is 12.7. The van der Waals surface area contributed by atoms with Gasteiger partial charge in [0.2, 0.25) is 0 Å². The summed E-state index contributed by atoms with van der Waals surface area (Å²) in [6.45, 7) is 4.23. The molecule has 0 aliphatic heterocycles. The second-order valence-corrected chi connectivity index (χ2v) is 17.5. The lowest BCUT2D eigenvalue weighted by atomic mass is 10.0. The Hall–Kier alpha value is -1.25. The van der Waals surface area contributed by atoms with E-state index >= 15 is 0 Å². The van der Waals surface area contributed by atoms with Gasteiger partial charge in [-0.05, 0) is 38.5 Å². The number of rotatable bonds is 40. The Morgan fingerprint density at radius 1 is 0.566 bits per heavy atom. The molecule has 0 aromatic carbocycles.